The van der Waals surface area contributed by atoms with E-state index in [1.54, 1.807) is 0 Å². The molecular weight excluding hydrogens is 257 g/mol. The van der Waals surface area contributed by atoms with Crippen molar-refractivity contribution in [3.05, 3.63) is 29.8 Å². The maximum atomic E-state index is 10.3. The molecule has 2 radical (unpaired) electrons. The van der Waals surface area contributed by atoms with Crippen molar-refractivity contribution in [3.63, 3.8) is 0 Å². The summed E-state index contributed by atoms with van der Waals surface area (Å²) in [6.07, 6.45) is 0.879. The SMILES string of the molecule is C[N](C)[Sn][c]1ccc(C=O)cc1. The first kappa shape index (κ1) is 9.73. The van der Waals surface area contributed by atoms with Crippen LogP contribution in [-0.2, 0) is 0 Å². The van der Waals surface area contributed by atoms with E-state index in [4.69, 9.17) is 0 Å². The molecular formula is C9H11NOSn. The number of rotatable bonds is 3. The summed E-state index contributed by atoms with van der Waals surface area (Å²) < 4.78 is 3.66. The first-order valence-electron chi connectivity index (χ1n) is 3.71. The second-order valence-corrected chi connectivity index (χ2v) is 7.58. The van der Waals surface area contributed by atoms with E-state index in [0.717, 1.165) is 11.8 Å². The Bertz CT molecular complexity index is 256. The maximum absolute atomic E-state index is 10.3. The van der Waals surface area contributed by atoms with Gasteiger partial charge in [0.05, 0.1) is 0 Å². The number of aldehydes is 1. The van der Waals surface area contributed by atoms with Gasteiger partial charge in [0.15, 0.2) is 0 Å². The summed E-state index contributed by atoms with van der Waals surface area (Å²) in [5, 5.41) is 0. The molecule has 0 N–H and O–H groups in total. The predicted octanol–water partition coefficient (Wildman–Crippen LogP) is 0.305. The van der Waals surface area contributed by atoms with Crippen molar-refractivity contribution in [2.24, 2.45) is 0 Å². The van der Waals surface area contributed by atoms with E-state index in [1.807, 2.05) is 12.1 Å². The summed E-state index contributed by atoms with van der Waals surface area (Å²) in [6, 6.07) is 7.87. The molecule has 0 unspecified atom stereocenters. The molecule has 1 aromatic carbocycles. The van der Waals surface area contributed by atoms with Crippen molar-refractivity contribution in [1.82, 2.24) is 3.12 Å². The average Bonchev–Trinajstić information content (AvgIpc) is 2.05. The summed E-state index contributed by atoms with van der Waals surface area (Å²) in [6.45, 7) is 0. The zero-order chi connectivity index (χ0) is 8.97. The summed E-state index contributed by atoms with van der Waals surface area (Å²) in [7, 11) is 4.19. The molecule has 1 aromatic rings. The Morgan fingerprint density at radius 1 is 1.25 bits per heavy atom. The van der Waals surface area contributed by atoms with Gasteiger partial charge in [0.2, 0.25) is 0 Å². The van der Waals surface area contributed by atoms with E-state index < -0.39 is 21.4 Å². The fourth-order valence-corrected chi connectivity index (χ4v) is 3.27. The van der Waals surface area contributed by atoms with E-state index in [1.165, 1.54) is 3.58 Å². The van der Waals surface area contributed by atoms with E-state index in [9.17, 15) is 4.79 Å². The van der Waals surface area contributed by atoms with Crippen LogP contribution in [0.2, 0.25) is 0 Å². The van der Waals surface area contributed by atoms with Crippen LogP contribution in [0, 0.1) is 0 Å². The van der Waals surface area contributed by atoms with Crippen molar-refractivity contribution in [2.75, 3.05) is 14.1 Å². The normalized spacial score (nSPS) is 10.2. The zero-order valence-corrected chi connectivity index (χ0v) is 10.1. The minimum atomic E-state index is -0.551. The van der Waals surface area contributed by atoms with Crippen LogP contribution in [0.25, 0.3) is 0 Å². The molecule has 0 atom stereocenters. The summed E-state index contributed by atoms with van der Waals surface area (Å²) >= 11 is -0.551. The molecule has 0 saturated heterocycles. The van der Waals surface area contributed by atoms with Crippen LogP contribution < -0.4 is 3.58 Å². The molecule has 0 spiro atoms. The zero-order valence-electron chi connectivity index (χ0n) is 7.24. The molecule has 0 bridgehead atoms. The van der Waals surface area contributed by atoms with Gasteiger partial charge in [-0.1, -0.05) is 0 Å². The molecule has 0 fully saturated rings. The summed E-state index contributed by atoms with van der Waals surface area (Å²) in [5.41, 5.74) is 0.761. The first-order chi connectivity index (χ1) is 5.72. The van der Waals surface area contributed by atoms with E-state index in [0.29, 0.717) is 0 Å². The molecule has 2 nitrogen and oxygen atoms in total. The minimum absolute atomic E-state index is 0.551. The van der Waals surface area contributed by atoms with E-state index >= 15 is 0 Å². The Kier molecular flexibility index (Phi) is 3.75. The Labute approximate surface area is 83.1 Å². The number of nitrogens with zero attached hydrogens (tertiary/aromatic N) is 1. The van der Waals surface area contributed by atoms with Gasteiger partial charge in [-0.05, 0) is 0 Å². The summed E-state index contributed by atoms with van der Waals surface area (Å²) in [5.74, 6) is 0. The Morgan fingerprint density at radius 3 is 2.25 bits per heavy atom. The molecule has 0 aliphatic heterocycles. The number of carbonyl (C=O) groups is 1. The average molecular weight is 268 g/mol. The third-order valence-corrected chi connectivity index (χ3v) is 4.36. The molecule has 1 rings (SSSR count). The van der Waals surface area contributed by atoms with Gasteiger partial charge in [-0.25, -0.2) is 0 Å². The molecule has 0 heterocycles. The van der Waals surface area contributed by atoms with Crippen molar-refractivity contribution in [2.45, 2.75) is 0 Å². The van der Waals surface area contributed by atoms with Crippen molar-refractivity contribution in [1.29, 1.82) is 0 Å². The Balaban J connectivity index is 2.71. The number of benzene rings is 1. The van der Waals surface area contributed by atoms with Gasteiger partial charge in [-0.15, -0.1) is 0 Å². The summed E-state index contributed by atoms with van der Waals surface area (Å²) in [4.78, 5) is 10.3. The van der Waals surface area contributed by atoms with Crippen LogP contribution in [0.3, 0.4) is 0 Å². The van der Waals surface area contributed by atoms with E-state index in [2.05, 4.69) is 29.3 Å². The van der Waals surface area contributed by atoms with Crippen LogP contribution >= 0.6 is 0 Å². The van der Waals surface area contributed by atoms with Crippen LogP contribution in [0.15, 0.2) is 24.3 Å². The van der Waals surface area contributed by atoms with Gasteiger partial charge in [0.1, 0.15) is 0 Å². The molecule has 12 heavy (non-hydrogen) atoms. The molecule has 3 heteroatoms. The van der Waals surface area contributed by atoms with Crippen molar-refractivity contribution in [3.8, 4) is 0 Å². The van der Waals surface area contributed by atoms with E-state index in [-0.39, 0.29) is 0 Å². The van der Waals surface area contributed by atoms with Crippen LogP contribution in [0.4, 0.5) is 0 Å². The molecule has 62 valence electrons. The molecule has 0 amide bonds. The van der Waals surface area contributed by atoms with Gasteiger partial charge in [0, 0.05) is 0 Å². The van der Waals surface area contributed by atoms with Gasteiger partial charge in [-0.2, -0.15) is 0 Å². The Morgan fingerprint density at radius 2 is 1.83 bits per heavy atom. The van der Waals surface area contributed by atoms with Crippen molar-refractivity contribution >= 4 is 31.3 Å². The topological polar surface area (TPSA) is 20.3 Å². The van der Waals surface area contributed by atoms with Gasteiger partial charge in [-0.3, -0.25) is 0 Å². The predicted molar refractivity (Wildman–Crippen MR) is 50.9 cm³/mol. The number of hydrogen-bond donors (Lipinski definition) is 0. The standard InChI is InChI=1S/C7H5O.C2H6N.Sn/c8-6-7-4-2-1-3-5-7;1-3-2;/h2-6H;1-2H3;/q;-1;+1. The number of hydrogen-bond acceptors (Lipinski definition) is 2. The van der Waals surface area contributed by atoms with Gasteiger partial charge >= 0.3 is 83.1 Å². The Hall–Kier alpha value is -0.351. The quantitative estimate of drug-likeness (QED) is 0.580. The number of carbonyl (C=O) groups excluding carboxylic acids is 1. The molecule has 0 saturated carbocycles. The third-order valence-electron chi connectivity index (χ3n) is 1.40. The first-order valence-corrected chi connectivity index (χ1v) is 6.42. The van der Waals surface area contributed by atoms with Crippen molar-refractivity contribution < 1.29 is 4.79 Å². The van der Waals surface area contributed by atoms with Gasteiger partial charge in [0.25, 0.3) is 0 Å². The molecule has 0 aromatic heterocycles. The second-order valence-electron chi connectivity index (χ2n) is 2.75. The third kappa shape index (κ3) is 2.95. The molecule has 0 aliphatic rings. The van der Waals surface area contributed by atoms with Crippen LogP contribution in [0.1, 0.15) is 10.4 Å². The van der Waals surface area contributed by atoms with Gasteiger partial charge < -0.3 is 0 Å². The van der Waals surface area contributed by atoms with Crippen LogP contribution in [-0.4, -0.2) is 44.9 Å². The fraction of sp³-hybridized carbons (Fsp3) is 0.222. The van der Waals surface area contributed by atoms with Crippen LogP contribution in [0.5, 0.6) is 0 Å². The fourth-order valence-electron chi connectivity index (χ4n) is 0.894. The second kappa shape index (κ2) is 4.62. The molecule has 0 aliphatic carbocycles. The monoisotopic (exact) mass is 269 g/mol.